The van der Waals surface area contributed by atoms with Crippen molar-refractivity contribution in [1.82, 2.24) is 34.4 Å². The van der Waals surface area contributed by atoms with Crippen LogP contribution in [0.15, 0.2) is 30.5 Å². The lowest BCUT2D eigenvalue weighted by Gasteiger charge is -2.32. The second kappa shape index (κ2) is 6.50. The molecule has 8 nitrogen and oxygen atoms in total. The Morgan fingerprint density at radius 2 is 1.76 bits per heavy atom. The molecule has 150 valence electrons. The number of aryl methyl sites for hydroxylation is 1. The van der Waals surface area contributed by atoms with E-state index < -0.39 is 0 Å². The smallest absolute Gasteiger partial charge is 0.177 e. The van der Waals surface area contributed by atoms with E-state index in [1.165, 1.54) is 0 Å². The lowest BCUT2D eigenvalue weighted by molar-refractivity contribution is 0.468. The molecule has 0 N–H and O–H groups in total. The highest BCUT2D eigenvalue weighted by atomic mass is 15.4. The Labute approximate surface area is 169 Å². The Morgan fingerprint density at radius 3 is 2.52 bits per heavy atom. The zero-order chi connectivity index (χ0) is 20.2. The van der Waals surface area contributed by atoms with Gasteiger partial charge < -0.3 is 4.90 Å². The van der Waals surface area contributed by atoms with Crippen molar-refractivity contribution in [3.8, 4) is 0 Å². The quantitative estimate of drug-likeness (QED) is 0.523. The summed E-state index contributed by atoms with van der Waals surface area (Å²) >= 11 is 0. The molecule has 1 aliphatic rings. The monoisotopic (exact) mass is 390 g/mol. The largest absolute Gasteiger partial charge is 0.356 e. The number of fused-ring (bicyclic) bond motifs is 2. The first-order valence-electron chi connectivity index (χ1n) is 10.2. The SMILES string of the molecule is Cc1cc(N2CCC(c3nnc4ccc(C(C)(C)C)nn34)CC2)n2nccc2n1. The van der Waals surface area contributed by atoms with Gasteiger partial charge in [0.25, 0.3) is 0 Å². The third kappa shape index (κ3) is 3.12. The van der Waals surface area contributed by atoms with E-state index in [1.807, 2.05) is 28.1 Å². The zero-order valence-corrected chi connectivity index (χ0v) is 17.4. The fraction of sp³-hybridized carbons (Fsp3) is 0.476. The van der Waals surface area contributed by atoms with Crippen LogP contribution in [0.5, 0.6) is 0 Å². The van der Waals surface area contributed by atoms with E-state index in [0.29, 0.717) is 5.92 Å². The highest BCUT2D eigenvalue weighted by Gasteiger charge is 2.27. The number of aromatic nitrogens is 7. The van der Waals surface area contributed by atoms with E-state index in [2.05, 4.69) is 58.1 Å². The zero-order valence-electron chi connectivity index (χ0n) is 17.4. The van der Waals surface area contributed by atoms with Crippen LogP contribution in [0.4, 0.5) is 5.82 Å². The standard InChI is InChI=1S/C21H26N8/c1-14-13-19(28-17(23-14)7-10-22-28)27-11-8-15(9-12-27)20-25-24-18-6-5-16(21(2,3)4)26-29(18)20/h5-7,10,13,15H,8-9,11-12H2,1-4H3. The van der Waals surface area contributed by atoms with Crippen LogP contribution in [0.3, 0.4) is 0 Å². The fourth-order valence-electron chi connectivity index (χ4n) is 4.07. The maximum Gasteiger partial charge on any atom is 0.177 e. The van der Waals surface area contributed by atoms with E-state index in [-0.39, 0.29) is 5.41 Å². The van der Waals surface area contributed by atoms with Gasteiger partial charge in [0.05, 0.1) is 11.9 Å². The summed E-state index contributed by atoms with van der Waals surface area (Å²) < 4.78 is 3.88. The molecule has 5 heterocycles. The minimum absolute atomic E-state index is 0.00651. The van der Waals surface area contributed by atoms with Gasteiger partial charge in [-0.3, -0.25) is 0 Å². The maximum absolute atomic E-state index is 4.86. The summed E-state index contributed by atoms with van der Waals surface area (Å²) in [5.74, 6) is 2.43. The molecule has 4 aromatic heterocycles. The van der Waals surface area contributed by atoms with Gasteiger partial charge in [0.2, 0.25) is 0 Å². The number of hydrogen-bond donors (Lipinski definition) is 0. The second-order valence-corrected chi connectivity index (χ2v) is 8.92. The van der Waals surface area contributed by atoms with Crippen LogP contribution >= 0.6 is 0 Å². The molecule has 0 aliphatic carbocycles. The van der Waals surface area contributed by atoms with Crippen molar-refractivity contribution in [1.29, 1.82) is 0 Å². The van der Waals surface area contributed by atoms with Gasteiger partial charge in [-0.2, -0.15) is 19.2 Å². The summed E-state index contributed by atoms with van der Waals surface area (Å²) in [5.41, 5.74) is 3.77. The van der Waals surface area contributed by atoms with E-state index in [0.717, 1.165) is 60.3 Å². The average molecular weight is 390 g/mol. The number of hydrogen-bond acceptors (Lipinski definition) is 6. The van der Waals surface area contributed by atoms with E-state index in [9.17, 15) is 0 Å². The summed E-state index contributed by atoms with van der Waals surface area (Å²) in [5, 5.41) is 18.2. The third-order valence-corrected chi connectivity index (χ3v) is 5.71. The lowest BCUT2D eigenvalue weighted by Crippen LogP contribution is -2.35. The molecule has 0 unspecified atom stereocenters. The van der Waals surface area contributed by atoms with Gasteiger partial charge in [0, 0.05) is 42.2 Å². The molecule has 0 bridgehead atoms. The van der Waals surface area contributed by atoms with Gasteiger partial charge in [0.15, 0.2) is 17.1 Å². The van der Waals surface area contributed by atoms with Crippen molar-refractivity contribution >= 4 is 17.1 Å². The van der Waals surface area contributed by atoms with Crippen molar-refractivity contribution in [2.45, 2.75) is 51.9 Å². The van der Waals surface area contributed by atoms with E-state index >= 15 is 0 Å². The van der Waals surface area contributed by atoms with Crippen molar-refractivity contribution in [3.63, 3.8) is 0 Å². The number of anilines is 1. The van der Waals surface area contributed by atoms with Gasteiger partial charge in [-0.25, -0.2) is 4.98 Å². The topological polar surface area (TPSA) is 76.5 Å². The molecule has 1 saturated heterocycles. The molecule has 29 heavy (non-hydrogen) atoms. The Hall–Kier alpha value is -3.03. The molecule has 0 amide bonds. The van der Waals surface area contributed by atoms with Gasteiger partial charge >= 0.3 is 0 Å². The Kier molecular flexibility index (Phi) is 4.04. The normalized spacial score (nSPS) is 16.2. The van der Waals surface area contributed by atoms with Gasteiger partial charge in [0.1, 0.15) is 5.82 Å². The Balaban J connectivity index is 1.41. The molecule has 8 heteroatoms. The first-order valence-corrected chi connectivity index (χ1v) is 10.2. The molecule has 1 fully saturated rings. The summed E-state index contributed by atoms with van der Waals surface area (Å²) in [6.45, 7) is 10.4. The average Bonchev–Trinajstić information content (AvgIpc) is 3.33. The lowest BCUT2D eigenvalue weighted by atomic mass is 9.92. The predicted molar refractivity (Wildman–Crippen MR) is 111 cm³/mol. The van der Waals surface area contributed by atoms with Gasteiger partial charge in [-0.05, 0) is 31.9 Å². The van der Waals surface area contributed by atoms with Crippen LogP contribution in [0.1, 0.15) is 56.7 Å². The van der Waals surface area contributed by atoms with Crippen molar-refractivity contribution in [3.05, 3.63) is 47.7 Å². The van der Waals surface area contributed by atoms with Crippen LogP contribution in [0, 0.1) is 6.92 Å². The number of nitrogens with zero attached hydrogens (tertiary/aromatic N) is 8. The molecule has 4 aromatic rings. The van der Waals surface area contributed by atoms with Crippen molar-refractivity contribution in [2.24, 2.45) is 0 Å². The molecule has 0 atom stereocenters. The minimum atomic E-state index is -0.00651. The summed E-state index contributed by atoms with van der Waals surface area (Å²) in [6, 6.07) is 8.14. The molecular formula is C21H26N8. The summed E-state index contributed by atoms with van der Waals surface area (Å²) in [4.78, 5) is 6.94. The van der Waals surface area contributed by atoms with Crippen molar-refractivity contribution in [2.75, 3.05) is 18.0 Å². The van der Waals surface area contributed by atoms with E-state index in [4.69, 9.17) is 5.10 Å². The van der Waals surface area contributed by atoms with Crippen LogP contribution < -0.4 is 4.90 Å². The molecule has 0 saturated carbocycles. The van der Waals surface area contributed by atoms with Crippen LogP contribution in [-0.2, 0) is 5.41 Å². The first-order chi connectivity index (χ1) is 13.9. The molecule has 1 aliphatic heterocycles. The molecule has 0 spiro atoms. The molecule has 0 radical (unpaired) electrons. The molecule has 0 aromatic carbocycles. The highest BCUT2D eigenvalue weighted by molar-refractivity contribution is 5.51. The molecular weight excluding hydrogens is 364 g/mol. The molecule has 5 rings (SSSR count). The minimum Gasteiger partial charge on any atom is -0.356 e. The highest BCUT2D eigenvalue weighted by Crippen LogP contribution is 2.30. The van der Waals surface area contributed by atoms with Crippen molar-refractivity contribution < 1.29 is 0 Å². The Bertz CT molecular complexity index is 1170. The van der Waals surface area contributed by atoms with Gasteiger partial charge in [-0.1, -0.05) is 20.8 Å². The number of piperidine rings is 1. The van der Waals surface area contributed by atoms with E-state index in [1.54, 1.807) is 6.20 Å². The Morgan fingerprint density at radius 1 is 0.966 bits per heavy atom. The maximum atomic E-state index is 4.86. The van der Waals surface area contributed by atoms with Gasteiger partial charge in [-0.15, -0.1) is 10.2 Å². The van der Waals surface area contributed by atoms with Crippen LogP contribution in [-0.4, -0.2) is 47.5 Å². The third-order valence-electron chi connectivity index (χ3n) is 5.71. The summed E-state index contributed by atoms with van der Waals surface area (Å²) in [7, 11) is 0. The summed E-state index contributed by atoms with van der Waals surface area (Å²) in [6.07, 6.45) is 3.82. The van der Waals surface area contributed by atoms with Crippen LogP contribution in [0.2, 0.25) is 0 Å². The number of rotatable bonds is 2. The predicted octanol–water partition coefficient (Wildman–Crippen LogP) is 3.16. The first kappa shape index (κ1) is 18.0. The fourth-order valence-corrected chi connectivity index (χ4v) is 4.07. The second-order valence-electron chi connectivity index (χ2n) is 8.92. The van der Waals surface area contributed by atoms with Crippen LogP contribution in [0.25, 0.3) is 11.3 Å².